The molecule has 1 fully saturated rings. The predicted molar refractivity (Wildman–Crippen MR) is 134 cm³/mol. The van der Waals surface area contributed by atoms with Gasteiger partial charge in [0.25, 0.3) is 0 Å². The number of thioether (sulfide) groups is 1. The Labute approximate surface area is 196 Å². The number of hydrogen-bond acceptors (Lipinski definition) is 6. The van der Waals surface area contributed by atoms with Crippen LogP contribution in [0, 0.1) is 5.41 Å². The lowest BCUT2D eigenvalue weighted by molar-refractivity contribution is 0.0375. The number of aliphatic imine (C=N–C) groups is 2. The van der Waals surface area contributed by atoms with E-state index in [1.54, 1.807) is 11.8 Å². The topological polar surface area (TPSA) is 66.3 Å². The number of alkyl carbamates (subject to hydrolysis) is 1. The molecule has 1 aromatic rings. The molecular weight excluding hydrogens is 420 g/mol. The second-order valence-corrected chi connectivity index (χ2v) is 11.0. The fourth-order valence-electron chi connectivity index (χ4n) is 4.71. The van der Waals surface area contributed by atoms with Crippen molar-refractivity contribution in [2.24, 2.45) is 15.4 Å². The second-order valence-electron chi connectivity index (χ2n) is 9.53. The maximum absolute atomic E-state index is 12.7. The van der Waals surface area contributed by atoms with Crippen molar-refractivity contribution in [3.63, 3.8) is 0 Å². The van der Waals surface area contributed by atoms with Gasteiger partial charge in [0.15, 0.2) is 0 Å². The molecule has 174 valence electrons. The summed E-state index contributed by atoms with van der Waals surface area (Å²) in [5, 5.41) is 4.23. The molecule has 1 N–H and O–H groups in total. The summed E-state index contributed by atoms with van der Waals surface area (Å²) < 4.78 is 5.59. The van der Waals surface area contributed by atoms with E-state index in [1.807, 2.05) is 40.0 Å². The summed E-state index contributed by atoms with van der Waals surface area (Å²) >= 11 is 1.72. The number of likely N-dealkylation sites (tertiary alicyclic amines) is 1. The molecule has 1 spiro atoms. The molecule has 1 saturated heterocycles. The number of benzene rings is 1. The Morgan fingerprint density at radius 2 is 2.03 bits per heavy atom. The third-order valence-corrected chi connectivity index (χ3v) is 6.95. The van der Waals surface area contributed by atoms with Gasteiger partial charge < -0.3 is 15.0 Å². The highest BCUT2D eigenvalue weighted by atomic mass is 32.2. The molecular formula is C25H36N4O2S. The van der Waals surface area contributed by atoms with E-state index >= 15 is 0 Å². The summed E-state index contributed by atoms with van der Waals surface area (Å²) in [6.07, 6.45) is 4.32. The number of amides is 1. The minimum absolute atomic E-state index is 0.0272. The van der Waals surface area contributed by atoms with E-state index in [0.717, 1.165) is 49.0 Å². The van der Waals surface area contributed by atoms with Crippen LogP contribution in [-0.4, -0.2) is 47.2 Å². The largest absolute Gasteiger partial charge is 0.444 e. The first-order valence-corrected chi connectivity index (χ1v) is 12.3. The van der Waals surface area contributed by atoms with E-state index in [2.05, 4.69) is 52.0 Å². The Hall–Kier alpha value is -2.28. The molecule has 1 amide bonds. The van der Waals surface area contributed by atoms with E-state index < -0.39 is 5.60 Å². The quantitative estimate of drug-likeness (QED) is 0.465. The Kier molecular flexibility index (Phi) is 7.70. The number of rotatable bonds is 5. The molecule has 0 radical (unpaired) electrons. The fourth-order valence-corrected chi connectivity index (χ4v) is 5.25. The molecule has 0 bridgehead atoms. The van der Waals surface area contributed by atoms with Gasteiger partial charge in [-0.15, -0.1) is 11.8 Å². The highest BCUT2D eigenvalue weighted by Crippen LogP contribution is 2.52. The van der Waals surface area contributed by atoms with E-state index in [4.69, 9.17) is 4.74 Å². The van der Waals surface area contributed by atoms with Crippen LogP contribution in [-0.2, 0) is 11.2 Å². The maximum Gasteiger partial charge on any atom is 0.408 e. The molecule has 0 unspecified atom stereocenters. The lowest BCUT2D eigenvalue weighted by Gasteiger charge is -2.44. The average molecular weight is 457 g/mol. The SMILES string of the molecule is C=N/C(=C\N=C(/C)SCC)N1CCC2(CC1)Cc1ccccc1[C@H]2NC(=O)OC(C)(C)C. The van der Waals surface area contributed by atoms with Crippen LogP contribution in [0.3, 0.4) is 0 Å². The average Bonchev–Trinajstić information content (AvgIpc) is 3.01. The van der Waals surface area contributed by atoms with Gasteiger partial charge in [-0.2, -0.15) is 0 Å². The zero-order valence-electron chi connectivity index (χ0n) is 20.0. The first kappa shape index (κ1) is 24.4. The highest BCUT2D eigenvalue weighted by Gasteiger charge is 2.48. The summed E-state index contributed by atoms with van der Waals surface area (Å²) in [4.78, 5) is 23.7. The summed E-state index contributed by atoms with van der Waals surface area (Å²) in [7, 11) is 0. The molecule has 2 aliphatic rings. The molecule has 1 aliphatic carbocycles. The summed E-state index contributed by atoms with van der Waals surface area (Å²) in [5.74, 6) is 1.81. The molecule has 7 heteroatoms. The lowest BCUT2D eigenvalue weighted by Crippen LogP contribution is -2.47. The van der Waals surface area contributed by atoms with Crippen LogP contribution in [0.15, 0.2) is 46.3 Å². The van der Waals surface area contributed by atoms with E-state index in [1.165, 1.54) is 11.1 Å². The van der Waals surface area contributed by atoms with Crippen molar-refractivity contribution in [2.75, 3.05) is 18.8 Å². The number of carbonyl (C=O) groups is 1. The van der Waals surface area contributed by atoms with Crippen LogP contribution in [0.4, 0.5) is 4.79 Å². The molecule has 32 heavy (non-hydrogen) atoms. The molecule has 0 aromatic heterocycles. The minimum Gasteiger partial charge on any atom is -0.444 e. The summed E-state index contributed by atoms with van der Waals surface area (Å²) in [6.45, 7) is 15.3. The van der Waals surface area contributed by atoms with E-state index in [-0.39, 0.29) is 17.6 Å². The molecule has 0 saturated carbocycles. The van der Waals surface area contributed by atoms with Gasteiger partial charge in [0, 0.05) is 18.5 Å². The summed E-state index contributed by atoms with van der Waals surface area (Å²) in [5.41, 5.74) is 1.97. The van der Waals surface area contributed by atoms with Gasteiger partial charge in [-0.1, -0.05) is 31.2 Å². The van der Waals surface area contributed by atoms with Crippen molar-refractivity contribution in [3.05, 3.63) is 47.4 Å². The van der Waals surface area contributed by atoms with Crippen molar-refractivity contribution in [1.29, 1.82) is 0 Å². The standard InChI is InChI=1S/C25H36N4O2S/c1-7-32-18(2)27-17-21(26-6)29-14-12-25(13-15-29)16-19-10-8-9-11-20(19)22(25)28-23(30)31-24(3,4)5/h8-11,17,22H,6-7,12-16H2,1-5H3,(H,28,30)/b21-17+,27-18+/t22-/m1/s1. The third-order valence-electron chi connectivity index (χ3n) is 6.14. The van der Waals surface area contributed by atoms with E-state index in [0.29, 0.717) is 0 Å². The normalized spacial score (nSPS) is 20.8. The van der Waals surface area contributed by atoms with Crippen molar-refractivity contribution >= 4 is 29.6 Å². The number of ether oxygens (including phenoxy) is 1. The lowest BCUT2D eigenvalue weighted by atomic mass is 9.72. The van der Waals surface area contributed by atoms with Gasteiger partial charge in [0.2, 0.25) is 0 Å². The van der Waals surface area contributed by atoms with Crippen molar-refractivity contribution in [3.8, 4) is 0 Å². The zero-order valence-corrected chi connectivity index (χ0v) is 20.8. The number of fused-ring (bicyclic) bond motifs is 1. The molecule has 3 rings (SSSR count). The van der Waals surface area contributed by atoms with Crippen LogP contribution in [0.25, 0.3) is 0 Å². The zero-order chi connectivity index (χ0) is 23.4. The molecule has 1 heterocycles. The van der Waals surface area contributed by atoms with Gasteiger partial charge in [0.05, 0.1) is 17.3 Å². The smallest absolute Gasteiger partial charge is 0.408 e. The predicted octanol–water partition coefficient (Wildman–Crippen LogP) is 5.56. The van der Waals surface area contributed by atoms with Gasteiger partial charge >= 0.3 is 6.09 Å². The number of piperidine rings is 1. The first-order chi connectivity index (χ1) is 15.2. The molecule has 1 aliphatic heterocycles. The number of nitrogens with one attached hydrogen (secondary N) is 1. The Morgan fingerprint density at radius 3 is 2.66 bits per heavy atom. The van der Waals surface area contributed by atoms with Crippen LogP contribution in [0.2, 0.25) is 0 Å². The maximum atomic E-state index is 12.7. The van der Waals surface area contributed by atoms with Gasteiger partial charge in [-0.05, 0) is 70.6 Å². The monoisotopic (exact) mass is 456 g/mol. The Balaban J connectivity index is 1.77. The van der Waals surface area contributed by atoms with Crippen molar-refractivity contribution in [2.45, 2.75) is 65.5 Å². The molecule has 1 atom stereocenters. The summed E-state index contributed by atoms with van der Waals surface area (Å²) in [6, 6.07) is 8.39. The number of hydrogen-bond donors (Lipinski definition) is 1. The van der Waals surface area contributed by atoms with Crippen LogP contribution in [0.5, 0.6) is 0 Å². The fraction of sp³-hybridized carbons (Fsp3) is 0.560. The van der Waals surface area contributed by atoms with Gasteiger partial charge in [-0.25, -0.2) is 9.79 Å². The van der Waals surface area contributed by atoms with Crippen LogP contribution >= 0.6 is 11.8 Å². The second kappa shape index (κ2) is 10.1. The molecule has 1 aromatic carbocycles. The third kappa shape index (κ3) is 5.74. The van der Waals surface area contributed by atoms with Crippen molar-refractivity contribution in [1.82, 2.24) is 10.2 Å². The Bertz CT molecular complexity index is 895. The van der Waals surface area contributed by atoms with Crippen molar-refractivity contribution < 1.29 is 9.53 Å². The van der Waals surface area contributed by atoms with Crippen LogP contribution < -0.4 is 5.32 Å². The highest BCUT2D eigenvalue weighted by molar-refractivity contribution is 8.13. The van der Waals surface area contributed by atoms with Gasteiger partial charge in [-0.3, -0.25) is 4.99 Å². The minimum atomic E-state index is -0.525. The van der Waals surface area contributed by atoms with Gasteiger partial charge in [0.1, 0.15) is 11.4 Å². The Morgan fingerprint density at radius 1 is 1.34 bits per heavy atom. The number of carbonyl (C=O) groups excluding carboxylic acids is 1. The first-order valence-electron chi connectivity index (χ1n) is 11.3. The van der Waals surface area contributed by atoms with E-state index in [9.17, 15) is 4.79 Å². The van der Waals surface area contributed by atoms with Crippen LogP contribution in [0.1, 0.15) is 64.6 Å². The molecule has 6 nitrogen and oxygen atoms in total. The number of nitrogens with zero attached hydrogens (tertiary/aromatic N) is 3.